The molecule has 0 bridgehead atoms. The molecule has 0 saturated heterocycles. The minimum absolute atomic E-state index is 0.230. The lowest BCUT2D eigenvalue weighted by Crippen LogP contribution is -2.09. The highest BCUT2D eigenvalue weighted by atomic mass is 32.2. The zero-order valence-electron chi connectivity index (χ0n) is 15.8. The minimum Gasteiger partial charge on any atom is -0.463 e. The normalized spacial score (nSPS) is 11.8. The molecule has 0 amide bonds. The first-order chi connectivity index (χ1) is 13.8. The van der Waals surface area contributed by atoms with Crippen molar-refractivity contribution in [2.75, 3.05) is 6.26 Å². The summed E-state index contributed by atoms with van der Waals surface area (Å²) in [6.45, 7) is 1.93. The Labute approximate surface area is 166 Å². The Balaban J connectivity index is 1.83. The SMILES string of the molecule is CCc1nn(C(=O)O)c2cc(-c3ccnn3-c3ccc(S(C)(=O)=O)cc3)ccc12. The summed E-state index contributed by atoms with van der Waals surface area (Å²) in [7, 11) is -3.28. The second-order valence-corrected chi connectivity index (χ2v) is 8.64. The molecule has 0 atom stereocenters. The van der Waals surface area contributed by atoms with Crippen LogP contribution in [0.2, 0.25) is 0 Å². The highest BCUT2D eigenvalue weighted by Crippen LogP contribution is 2.28. The number of sulfone groups is 1. The molecule has 0 saturated carbocycles. The lowest BCUT2D eigenvalue weighted by Gasteiger charge is -2.09. The number of aryl methyl sites for hydroxylation is 1. The van der Waals surface area contributed by atoms with Gasteiger partial charge in [0.25, 0.3) is 0 Å². The molecule has 9 heteroatoms. The van der Waals surface area contributed by atoms with Crippen molar-refractivity contribution < 1.29 is 18.3 Å². The number of hydrogen-bond acceptors (Lipinski definition) is 5. The first-order valence-corrected chi connectivity index (χ1v) is 10.8. The Morgan fingerprint density at radius 2 is 1.83 bits per heavy atom. The summed E-state index contributed by atoms with van der Waals surface area (Å²) in [5, 5.41) is 18.8. The number of carboxylic acid groups (broad SMARTS) is 1. The summed E-state index contributed by atoms with van der Waals surface area (Å²) >= 11 is 0. The molecule has 0 fully saturated rings. The van der Waals surface area contributed by atoms with E-state index in [0.717, 1.165) is 33.3 Å². The van der Waals surface area contributed by atoms with Crippen LogP contribution in [0, 0.1) is 0 Å². The predicted molar refractivity (Wildman–Crippen MR) is 108 cm³/mol. The zero-order chi connectivity index (χ0) is 20.8. The topological polar surface area (TPSA) is 107 Å². The van der Waals surface area contributed by atoms with Gasteiger partial charge in [-0.15, -0.1) is 0 Å². The lowest BCUT2D eigenvalue weighted by molar-refractivity contribution is 0.194. The summed E-state index contributed by atoms with van der Waals surface area (Å²) in [6.07, 6.45) is 2.28. The number of aromatic nitrogens is 4. The maximum atomic E-state index is 11.7. The van der Waals surface area contributed by atoms with Gasteiger partial charge in [0.05, 0.1) is 33.7 Å². The Morgan fingerprint density at radius 3 is 2.45 bits per heavy atom. The van der Waals surface area contributed by atoms with Gasteiger partial charge in [-0.05, 0) is 42.8 Å². The first-order valence-electron chi connectivity index (χ1n) is 8.89. The van der Waals surface area contributed by atoms with Gasteiger partial charge in [0, 0.05) is 17.2 Å². The van der Waals surface area contributed by atoms with E-state index < -0.39 is 15.9 Å². The maximum Gasteiger partial charge on any atom is 0.432 e. The quantitative estimate of drug-likeness (QED) is 0.553. The van der Waals surface area contributed by atoms with Crippen molar-refractivity contribution in [3.63, 3.8) is 0 Å². The van der Waals surface area contributed by atoms with Crippen molar-refractivity contribution in [2.45, 2.75) is 18.2 Å². The van der Waals surface area contributed by atoms with Crippen LogP contribution in [-0.2, 0) is 16.3 Å². The van der Waals surface area contributed by atoms with Crippen LogP contribution in [0.1, 0.15) is 12.6 Å². The van der Waals surface area contributed by atoms with E-state index in [0.29, 0.717) is 17.6 Å². The van der Waals surface area contributed by atoms with E-state index in [4.69, 9.17) is 0 Å². The van der Waals surface area contributed by atoms with Gasteiger partial charge in [0.15, 0.2) is 9.84 Å². The van der Waals surface area contributed by atoms with Gasteiger partial charge in [-0.1, -0.05) is 19.1 Å². The van der Waals surface area contributed by atoms with Crippen LogP contribution in [0.15, 0.2) is 59.6 Å². The highest BCUT2D eigenvalue weighted by molar-refractivity contribution is 7.90. The summed E-state index contributed by atoms with van der Waals surface area (Å²) in [6, 6.07) is 13.8. The molecular weight excluding hydrogens is 392 g/mol. The van der Waals surface area contributed by atoms with Gasteiger partial charge in [0.1, 0.15) is 0 Å². The molecule has 8 nitrogen and oxygen atoms in total. The number of benzene rings is 2. The Hall–Kier alpha value is -3.46. The fourth-order valence-corrected chi connectivity index (χ4v) is 3.94. The smallest absolute Gasteiger partial charge is 0.432 e. The van der Waals surface area contributed by atoms with Crippen LogP contribution >= 0.6 is 0 Å². The van der Waals surface area contributed by atoms with Crippen molar-refractivity contribution in [2.24, 2.45) is 0 Å². The Kier molecular flexibility index (Phi) is 4.46. The average molecular weight is 410 g/mol. The first kappa shape index (κ1) is 18.9. The van der Waals surface area contributed by atoms with E-state index in [1.54, 1.807) is 29.1 Å². The molecule has 1 N–H and O–H groups in total. The van der Waals surface area contributed by atoms with Gasteiger partial charge in [-0.3, -0.25) is 0 Å². The van der Waals surface area contributed by atoms with Gasteiger partial charge < -0.3 is 5.11 Å². The third-order valence-corrected chi connectivity index (χ3v) is 5.85. The molecular formula is C20H18N4O4S. The van der Waals surface area contributed by atoms with Crippen LogP contribution in [0.3, 0.4) is 0 Å². The molecule has 4 aromatic rings. The highest BCUT2D eigenvalue weighted by Gasteiger charge is 2.16. The van der Waals surface area contributed by atoms with Crippen molar-refractivity contribution in [1.82, 2.24) is 19.6 Å². The molecule has 0 unspecified atom stereocenters. The van der Waals surface area contributed by atoms with Crippen LogP contribution in [0.5, 0.6) is 0 Å². The minimum atomic E-state index is -3.28. The summed E-state index contributed by atoms with van der Waals surface area (Å²) in [4.78, 5) is 11.8. The largest absolute Gasteiger partial charge is 0.463 e. The summed E-state index contributed by atoms with van der Waals surface area (Å²) in [5.74, 6) is 0. The average Bonchev–Trinajstić information content (AvgIpc) is 3.31. The molecule has 0 aliphatic heterocycles. The number of carbonyl (C=O) groups is 1. The van der Waals surface area contributed by atoms with Crippen molar-refractivity contribution in [3.05, 3.63) is 60.4 Å². The molecule has 0 spiro atoms. The van der Waals surface area contributed by atoms with E-state index in [9.17, 15) is 18.3 Å². The number of nitrogens with zero attached hydrogens (tertiary/aromatic N) is 4. The third kappa shape index (κ3) is 3.29. The predicted octanol–water partition coefficient (Wildman–Crippen LogP) is 3.38. The van der Waals surface area contributed by atoms with Gasteiger partial charge >= 0.3 is 6.09 Å². The van der Waals surface area contributed by atoms with Crippen molar-refractivity contribution in [3.8, 4) is 16.9 Å². The molecule has 0 aliphatic carbocycles. The maximum absolute atomic E-state index is 11.7. The van der Waals surface area contributed by atoms with Crippen LogP contribution in [0.4, 0.5) is 4.79 Å². The van der Waals surface area contributed by atoms with E-state index in [2.05, 4.69) is 10.2 Å². The van der Waals surface area contributed by atoms with Gasteiger partial charge in [0.2, 0.25) is 0 Å². The van der Waals surface area contributed by atoms with E-state index >= 15 is 0 Å². The summed E-state index contributed by atoms with van der Waals surface area (Å²) < 4.78 is 26.0. The number of rotatable bonds is 4. The number of hydrogen-bond donors (Lipinski definition) is 1. The van der Waals surface area contributed by atoms with Gasteiger partial charge in [-0.25, -0.2) is 17.9 Å². The monoisotopic (exact) mass is 410 g/mol. The van der Waals surface area contributed by atoms with Crippen LogP contribution in [-0.4, -0.2) is 45.4 Å². The molecule has 2 aromatic carbocycles. The van der Waals surface area contributed by atoms with E-state index in [1.165, 1.54) is 12.1 Å². The molecule has 2 heterocycles. The second-order valence-electron chi connectivity index (χ2n) is 6.62. The molecule has 0 radical (unpaired) electrons. The van der Waals surface area contributed by atoms with Crippen LogP contribution in [0.25, 0.3) is 27.8 Å². The zero-order valence-corrected chi connectivity index (χ0v) is 16.6. The molecule has 29 heavy (non-hydrogen) atoms. The number of fused-ring (bicyclic) bond motifs is 1. The van der Waals surface area contributed by atoms with E-state index in [1.807, 2.05) is 25.1 Å². The van der Waals surface area contributed by atoms with E-state index in [-0.39, 0.29) is 4.90 Å². The lowest BCUT2D eigenvalue weighted by atomic mass is 10.1. The third-order valence-electron chi connectivity index (χ3n) is 4.72. The van der Waals surface area contributed by atoms with Gasteiger partial charge in [-0.2, -0.15) is 14.9 Å². The van der Waals surface area contributed by atoms with Crippen molar-refractivity contribution in [1.29, 1.82) is 0 Å². The molecule has 4 rings (SSSR count). The Bertz CT molecular complexity index is 1330. The van der Waals surface area contributed by atoms with Crippen molar-refractivity contribution >= 4 is 26.8 Å². The Morgan fingerprint density at radius 1 is 1.10 bits per heavy atom. The summed E-state index contributed by atoms with van der Waals surface area (Å²) in [5.41, 5.74) is 3.44. The fraction of sp³-hybridized carbons (Fsp3) is 0.150. The van der Waals surface area contributed by atoms with Crippen LogP contribution < -0.4 is 0 Å². The molecule has 0 aliphatic rings. The molecule has 2 aromatic heterocycles. The standard InChI is InChI=1S/C20H18N4O4S/c1-3-17-16-9-4-13(12-19(16)24(22-17)20(25)26)18-10-11-21-23(18)14-5-7-15(8-6-14)29(2,27)28/h4-12H,3H2,1-2H3,(H,25,26). The molecule has 148 valence electrons. The second kappa shape index (κ2) is 6.85. The fourth-order valence-electron chi connectivity index (χ4n) is 3.31.